The smallest absolute Gasteiger partial charge is 0.165 e. The molecule has 90 valence electrons. The maximum absolute atomic E-state index is 5.32. The van der Waals surface area contributed by atoms with Crippen molar-refractivity contribution < 1.29 is 0 Å². The normalized spacial score (nSPS) is 9.59. The number of aryl methyl sites for hydroxylation is 2. The first kappa shape index (κ1) is 13.4. The predicted octanol–water partition coefficient (Wildman–Crippen LogP) is 2.47. The second-order valence-electron chi connectivity index (χ2n) is 3.72. The van der Waals surface area contributed by atoms with Crippen molar-refractivity contribution in [3.63, 3.8) is 0 Å². The van der Waals surface area contributed by atoms with Crippen LogP contribution in [0.2, 0.25) is 0 Å². The fourth-order valence-corrected chi connectivity index (χ4v) is 1.62. The molecular formula is C12H15ClN4. The second-order valence-corrected chi connectivity index (χ2v) is 3.72. The average Bonchev–Trinajstić information content (AvgIpc) is 2.29. The Morgan fingerprint density at radius 3 is 2.35 bits per heavy atom. The highest BCUT2D eigenvalue weighted by atomic mass is 35.5. The molecule has 0 spiro atoms. The van der Waals surface area contributed by atoms with Gasteiger partial charge in [-0.2, -0.15) is 0 Å². The Balaban J connectivity index is 0.00000144. The van der Waals surface area contributed by atoms with Gasteiger partial charge in [0.05, 0.1) is 5.69 Å². The van der Waals surface area contributed by atoms with Gasteiger partial charge in [-0.3, -0.25) is 0 Å². The molecule has 1 aromatic carbocycles. The number of nitrogens with one attached hydrogen (secondary N) is 1. The molecule has 17 heavy (non-hydrogen) atoms. The van der Waals surface area contributed by atoms with Gasteiger partial charge in [0.25, 0.3) is 0 Å². The number of anilines is 1. The highest BCUT2D eigenvalue weighted by Gasteiger charge is 2.06. The van der Waals surface area contributed by atoms with Crippen molar-refractivity contribution in [1.29, 1.82) is 0 Å². The summed E-state index contributed by atoms with van der Waals surface area (Å²) < 4.78 is 0. The Bertz CT molecular complexity index is 514. The topological polar surface area (TPSA) is 63.8 Å². The first-order valence-electron chi connectivity index (χ1n) is 5.09. The Morgan fingerprint density at radius 1 is 1.06 bits per heavy atom. The van der Waals surface area contributed by atoms with Crippen molar-refractivity contribution in [3.05, 3.63) is 41.5 Å². The van der Waals surface area contributed by atoms with Crippen LogP contribution in [-0.4, -0.2) is 10.2 Å². The van der Waals surface area contributed by atoms with Gasteiger partial charge in [-0.25, -0.2) is 5.84 Å². The lowest BCUT2D eigenvalue weighted by molar-refractivity contribution is 1.01. The zero-order chi connectivity index (χ0) is 11.5. The first-order valence-corrected chi connectivity index (χ1v) is 5.09. The van der Waals surface area contributed by atoms with Crippen LogP contribution in [0, 0.1) is 13.8 Å². The van der Waals surface area contributed by atoms with E-state index in [1.165, 1.54) is 5.56 Å². The number of hydrazine groups is 1. The largest absolute Gasteiger partial charge is 0.307 e. The molecule has 0 aliphatic rings. The third kappa shape index (κ3) is 2.72. The zero-order valence-corrected chi connectivity index (χ0v) is 10.6. The van der Waals surface area contributed by atoms with E-state index in [1.807, 2.05) is 31.2 Å². The summed E-state index contributed by atoms with van der Waals surface area (Å²) in [4.78, 5) is 0. The molecule has 0 fully saturated rings. The molecule has 2 aromatic rings. The van der Waals surface area contributed by atoms with Gasteiger partial charge in [0.2, 0.25) is 0 Å². The quantitative estimate of drug-likeness (QED) is 0.635. The van der Waals surface area contributed by atoms with Gasteiger partial charge in [-0.15, -0.1) is 22.6 Å². The summed E-state index contributed by atoms with van der Waals surface area (Å²) in [7, 11) is 0. The highest BCUT2D eigenvalue weighted by Crippen LogP contribution is 2.22. The van der Waals surface area contributed by atoms with Gasteiger partial charge >= 0.3 is 0 Å². The van der Waals surface area contributed by atoms with E-state index >= 15 is 0 Å². The third-order valence-electron chi connectivity index (χ3n) is 2.54. The maximum Gasteiger partial charge on any atom is 0.165 e. The van der Waals surface area contributed by atoms with Crippen LogP contribution in [0.4, 0.5) is 5.82 Å². The van der Waals surface area contributed by atoms with E-state index < -0.39 is 0 Å². The van der Waals surface area contributed by atoms with Crippen molar-refractivity contribution in [2.24, 2.45) is 5.84 Å². The third-order valence-corrected chi connectivity index (χ3v) is 2.54. The van der Waals surface area contributed by atoms with Crippen molar-refractivity contribution in [2.75, 3.05) is 5.43 Å². The standard InChI is InChI=1S/C12H14N4.ClH/c1-8-5-3-4-6-10(8)11-7-9(2)12(14-13)16-15-11;/h3-7H,13H2,1-2H3,(H,14,16);1H. The minimum absolute atomic E-state index is 0. The molecule has 0 saturated carbocycles. The van der Waals surface area contributed by atoms with Crippen LogP contribution in [0.25, 0.3) is 11.3 Å². The number of aromatic nitrogens is 2. The molecule has 0 amide bonds. The maximum atomic E-state index is 5.32. The molecule has 0 aliphatic heterocycles. The van der Waals surface area contributed by atoms with E-state index in [4.69, 9.17) is 5.84 Å². The number of nitrogens with zero attached hydrogens (tertiary/aromatic N) is 2. The molecule has 0 radical (unpaired) electrons. The number of hydrogen-bond acceptors (Lipinski definition) is 4. The van der Waals surface area contributed by atoms with Crippen LogP contribution in [-0.2, 0) is 0 Å². The van der Waals surface area contributed by atoms with Crippen LogP contribution in [0.1, 0.15) is 11.1 Å². The Kier molecular flexibility index (Phi) is 4.43. The molecule has 1 aromatic heterocycles. The number of benzene rings is 1. The molecule has 1 heterocycles. The molecule has 0 unspecified atom stereocenters. The minimum Gasteiger partial charge on any atom is -0.307 e. The summed E-state index contributed by atoms with van der Waals surface area (Å²) in [6.45, 7) is 4.01. The van der Waals surface area contributed by atoms with Crippen LogP contribution in [0.5, 0.6) is 0 Å². The van der Waals surface area contributed by atoms with Gasteiger partial charge in [0, 0.05) is 5.56 Å². The summed E-state index contributed by atoms with van der Waals surface area (Å²) in [6.07, 6.45) is 0. The number of nitrogens with two attached hydrogens (primary N) is 1. The molecule has 0 aliphatic carbocycles. The van der Waals surface area contributed by atoms with Gasteiger partial charge in [-0.1, -0.05) is 24.3 Å². The van der Waals surface area contributed by atoms with Crippen LogP contribution in [0.15, 0.2) is 30.3 Å². The number of halogens is 1. The van der Waals surface area contributed by atoms with E-state index in [0.29, 0.717) is 5.82 Å². The average molecular weight is 251 g/mol. The van der Waals surface area contributed by atoms with Crippen molar-refractivity contribution in [1.82, 2.24) is 10.2 Å². The zero-order valence-electron chi connectivity index (χ0n) is 9.77. The van der Waals surface area contributed by atoms with E-state index in [-0.39, 0.29) is 12.4 Å². The van der Waals surface area contributed by atoms with Gasteiger partial charge in [-0.05, 0) is 31.0 Å². The van der Waals surface area contributed by atoms with E-state index in [1.54, 1.807) is 0 Å². The molecule has 5 heteroatoms. The number of hydrogen-bond donors (Lipinski definition) is 2. The Labute approximate surface area is 107 Å². The molecular weight excluding hydrogens is 236 g/mol. The summed E-state index contributed by atoms with van der Waals surface area (Å²) in [5.41, 5.74) is 6.65. The molecule has 0 atom stereocenters. The number of rotatable bonds is 2. The Hall–Kier alpha value is -1.65. The van der Waals surface area contributed by atoms with E-state index in [9.17, 15) is 0 Å². The summed E-state index contributed by atoms with van der Waals surface area (Å²) in [6, 6.07) is 10.1. The molecule has 0 saturated heterocycles. The van der Waals surface area contributed by atoms with Crippen molar-refractivity contribution in [3.8, 4) is 11.3 Å². The minimum atomic E-state index is 0. The lowest BCUT2D eigenvalue weighted by Gasteiger charge is -2.07. The van der Waals surface area contributed by atoms with E-state index in [2.05, 4.69) is 28.6 Å². The summed E-state index contributed by atoms with van der Waals surface area (Å²) in [5, 5.41) is 8.18. The fourth-order valence-electron chi connectivity index (χ4n) is 1.62. The Morgan fingerprint density at radius 2 is 1.76 bits per heavy atom. The predicted molar refractivity (Wildman–Crippen MR) is 72.0 cm³/mol. The number of nitrogen functional groups attached to an aromatic ring is 1. The molecule has 4 nitrogen and oxygen atoms in total. The highest BCUT2D eigenvalue weighted by molar-refractivity contribution is 5.85. The lowest BCUT2D eigenvalue weighted by atomic mass is 10.0. The monoisotopic (exact) mass is 250 g/mol. The summed E-state index contributed by atoms with van der Waals surface area (Å²) in [5.74, 6) is 5.93. The van der Waals surface area contributed by atoms with Crippen molar-refractivity contribution in [2.45, 2.75) is 13.8 Å². The molecule has 2 rings (SSSR count). The van der Waals surface area contributed by atoms with Gasteiger partial charge in [0.1, 0.15) is 0 Å². The first-order chi connectivity index (χ1) is 7.72. The lowest BCUT2D eigenvalue weighted by Crippen LogP contribution is -2.11. The summed E-state index contributed by atoms with van der Waals surface area (Å²) >= 11 is 0. The van der Waals surface area contributed by atoms with E-state index in [0.717, 1.165) is 16.8 Å². The molecule has 3 N–H and O–H groups in total. The fraction of sp³-hybridized carbons (Fsp3) is 0.167. The van der Waals surface area contributed by atoms with Gasteiger partial charge in [0.15, 0.2) is 5.82 Å². The molecule has 0 bridgehead atoms. The van der Waals surface area contributed by atoms with Crippen LogP contribution >= 0.6 is 12.4 Å². The van der Waals surface area contributed by atoms with Crippen molar-refractivity contribution >= 4 is 18.2 Å². The van der Waals surface area contributed by atoms with Crippen LogP contribution in [0.3, 0.4) is 0 Å². The second kappa shape index (κ2) is 5.61. The SMILES string of the molecule is Cc1ccccc1-c1cc(C)c(NN)nn1.Cl. The van der Waals surface area contributed by atoms with Gasteiger partial charge < -0.3 is 5.43 Å². The van der Waals surface area contributed by atoms with Crippen LogP contribution < -0.4 is 11.3 Å².